The maximum absolute atomic E-state index is 6.61. The number of aromatic nitrogens is 1. The van der Waals surface area contributed by atoms with E-state index in [2.05, 4.69) is 138 Å². The Hall–Kier alpha value is -2.76. The van der Waals surface area contributed by atoms with Crippen molar-refractivity contribution in [1.29, 1.82) is 0 Å². The third-order valence-electron chi connectivity index (χ3n) is 6.86. The number of anilines is 3. The molecule has 6 aromatic rings. The third-order valence-corrected chi connectivity index (χ3v) is 8.73. The van der Waals surface area contributed by atoms with E-state index >= 15 is 0 Å². The van der Waals surface area contributed by atoms with Crippen molar-refractivity contribution in [3.63, 3.8) is 0 Å². The zero-order valence-corrected chi connectivity index (χ0v) is 25.3. The third kappa shape index (κ3) is 4.54. The highest BCUT2D eigenvalue weighted by atomic mass is 79.9. The molecule has 0 aliphatic heterocycles. The van der Waals surface area contributed by atoms with Gasteiger partial charge in [0, 0.05) is 52.5 Å². The second-order valence-corrected chi connectivity index (χ2v) is 12.0. The Kier molecular flexibility index (Phi) is 6.77. The van der Waals surface area contributed by atoms with Crippen LogP contribution in [-0.2, 0) is 0 Å². The normalized spacial score (nSPS) is 11.4. The number of hydrogen-bond donors (Lipinski definition) is 0. The average molecular weight is 665 g/mol. The first-order chi connectivity index (χ1) is 18.3. The Morgan fingerprint density at radius 3 is 1.32 bits per heavy atom. The lowest BCUT2D eigenvalue weighted by molar-refractivity contribution is 1.17. The Morgan fingerprint density at radius 1 is 0.553 bits per heavy atom. The van der Waals surface area contributed by atoms with Crippen LogP contribution in [0.4, 0.5) is 17.1 Å². The second-order valence-electron chi connectivity index (χ2n) is 9.38. The van der Waals surface area contributed by atoms with Gasteiger partial charge < -0.3 is 9.47 Å². The number of rotatable bonds is 4. The van der Waals surface area contributed by atoms with Gasteiger partial charge >= 0.3 is 0 Å². The summed E-state index contributed by atoms with van der Waals surface area (Å²) in [7, 11) is 0. The van der Waals surface area contributed by atoms with Gasteiger partial charge in [0.25, 0.3) is 0 Å². The molecule has 5 aromatic carbocycles. The summed E-state index contributed by atoms with van der Waals surface area (Å²) in [6.07, 6.45) is 0. The minimum absolute atomic E-state index is 0.748. The molecule has 6 heteroatoms. The van der Waals surface area contributed by atoms with Crippen LogP contribution in [0.15, 0.2) is 106 Å². The van der Waals surface area contributed by atoms with Crippen LogP contribution in [0.25, 0.3) is 27.5 Å². The second kappa shape index (κ2) is 10.1. The zero-order chi connectivity index (χ0) is 26.6. The molecule has 0 bridgehead atoms. The van der Waals surface area contributed by atoms with Gasteiger partial charge in [0.15, 0.2) is 0 Å². The van der Waals surface area contributed by atoms with E-state index in [0.29, 0.717) is 0 Å². The SMILES string of the molecule is Cc1cc2c3cc(C)c(Cl)cc3n(-c3ccc(N(c4ccc(Br)cc4)c4ccc(Br)cc4)cc3)c2cc1Cl. The smallest absolute Gasteiger partial charge is 0.0556 e. The van der Waals surface area contributed by atoms with Gasteiger partial charge in [-0.3, -0.25) is 0 Å². The quantitative estimate of drug-likeness (QED) is 0.182. The van der Waals surface area contributed by atoms with Crippen molar-refractivity contribution in [3.05, 3.63) is 127 Å². The number of nitrogens with zero attached hydrogens (tertiary/aromatic N) is 2. The summed E-state index contributed by atoms with van der Waals surface area (Å²) in [5.41, 5.74) is 8.48. The number of fused-ring (bicyclic) bond motifs is 3. The van der Waals surface area contributed by atoms with E-state index < -0.39 is 0 Å². The average Bonchev–Trinajstić information content (AvgIpc) is 3.19. The lowest BCUT2D eigenvalue weighted by Gasteiger charge is -2.26. The fraction of sp³-hybridized carbons (Fsp3) is 0.0625. The van der Waals surface area contributed by atoms with E-state index in [4.69, 9.17) is 23.2 Å². The van der Waals surface area contributed by atoms with Crippen LogP contribution in [0.2, 0.25) is 10.0 Å². The Bertz CT molecular complexity index is 1700. The first-order valence-corrected chi connectivity index (χ1v) is 14.5. The van der Waals surface area contributed by atoms with Gasteiger partial charge in [-0.2, -0.15) is 0 Å². The van der Waals surface area contributed by atoms with E-state index in [-0.39, 0.29) is 0 Å². The van der Waals surface area contributed by atoms with Crippen molar-refractivity contribution in [2.45, 2.75) is 13.8 Å². The molecular formula is C32H22Br2Cl2N2. The molecule has 38 heavy (non-hydrogen) atoms. The minimum Gasteiger partial charge on any atom is -0.311 e. The monoisotopic (exact) mass is 662 g/mol. The molecule has 0 aliphatic carbocycles. The minimum atomic E-state index is 0.748. The van der Waals surface area contributed by atoms with Gasteiger partial charge in [-0.15, -0.1) is 0 Å². The number of benzene rings is 5. The summed E-state index contributed by atoms with van der Waals surface area (Å²) in [5, 5.41) is 3.82. The van der Waals surface area contributed by atoms with E-state index in [1.54, 1.807) is 0 Å². The molecule has 0 saturated carbocycles. The largest absolute Gasteiger partial charge is 0.311 e. The highest BCUT2D eigenvalue weighted by molar-refractivity contribution is 9.10. The van der Waals surface area contributed by atoms with E-state index in [1.165, 1.54) is 0 Å². The summed E-state index contributed by atoms with van der Waals surface area (Å²) in [4.78, 5) is 2.25. The van der Waals surface area contributed by atoms with Gasteiger partial charge in [-0.1, -0.05) is 55.1 Å². The van der Waals surface area contributed by atoms with Crippen LogP contribution in [-0.4, -0.2) is 4.57 Å². The van der Waals surface area contributed by atoms with Crippen LogP contribution >= 0.6 is 55.1 Å². The van der Waals surface area contributed by atoms with Crippen molar-refractivity contribution in [1.82, 2.24) is 4.57 Å². The molecular weight excluding hydrogens is 643 g/mol. The molecule has 188 valence electrons. The predicted octanol–water partition coefficient (Wildman–Crippen LogP) is 11.7. The molecule has 0 atom stereocenters. The molecule has 0 amide bonds. The summed E-state index contributed by atoms with van der Waals surface area (Å²) in [6, 6.07) is 33.8. The van der Waals surface area contributed by atoms with Crippen molar-refractivity contribution < 1.29 is 0 Å². The molecule has 2 nitrogen and oxygen atoms in total. The maximum atomic E-state index is 6.61. The van der Waals surface area contributed by atoms with Crippen molar-refractivity contribution in [3.8, 4) is 5.69 Å². The maximum Gasteiger partial charge on any atom is 0.0556 e. The fourth-order valence-corrected chi connectivity index (χ4v) is 5.77. The first kappa shape index (κ1) is 25.5. The predicted molar refractivity (Wildman–Crippen MR) is 170 cm³/mol. The van der Waals surface area contributed by atoms with Crippen molar-refractivity contribution in [2.75, 3.05) is 4.90 Å². The molecule has 1 aromatic heterocycles. The Balaban J connectivity index is 1.53. The van der Waals surface area contributed by atoms with E-state index in [0.717, 1.165) is 74.7 Å². The van der Waals surface area contributed by atoms with Crippen molar-refractivity contribution in [2.24, 2.45) is 0 Å². The highest BCUT2D eigenvalue weighted by Gasteiger charge is 2.17. The molecule has 1 heterocycles. The Labute approximate surface area is 248 Å². The van der Waals surface area contributed by atoms with Crippen LogP contribution in [0.3, 0.4) is 0 Å². The standard InChI is InChI=1S/C32H22Br2Cl2N2/c1-19-15-27-28-16-20(2)30(36)18-32(28)38(31(27)17-29(19)35)26-13-11-25(12-14-26)37(23-7-3-21(33)4-8-23)24-9-5-22(34)6-10-24/h3-18H,1-2H3. The molecule has 0 radical (unpaired) electrons. The van der Waals surface area contributed by atoms with Crippen molar-refractivity contribution >= 4 is 93.9 Å². The fourth-order valence-electron chi connectivity index (χ4n) is 4.93. The molecule has 0 spiro atoms. The molecule has 0 saturated heterocycles. The number of aryl methyl sites for hydroxylation is 2. The lowest BCUT2D eigenvalue weighted by Crippen LogP contribution is -2.10. The lowest BCUT2D eigenvalue weighted by atomic mass is 10.1. The van der Waals surface area contributed by atoms with Gasteiger partial charge in [0.1, 0.15) is 0 Å². The van der Waals surface area contributed by atoms with Gasteiger partial charge in [-0.05, 0) is 122 Å². The highest BCUT2D eigenvalue weighted by Crippen LogP contribution is 2.39. The molecule has 0 aliphatic rings. The van der Waals surface area contributed by atoms with Crippen LogP contribution in [0.5, 0.6) is 0 Å². The molecule has 0 N–H and O–H groups in total. The number of hydrogen-bond acceptors (Lipinski definition) is 1. The van der Waals surface area contributed by atoms with Crippen LogP contribution < -0.4 is 4.90 Å². The van der Waals surface area contributed by atoms with Gasteiger partial charge in [0.2, 0.25) is 0 Å². The summed E-state index contributed by atoms with van der Waals surface area (Å²) >= 11 is 20.3. The number of halogens is 4. The first-order valence-electron chi connectivity index (χ1n) is 12.1. The topological polar surface area (TPSA) is 8.17 Å². The van der Waals surface area contributed by atoms with Gasteiger partial charge in [0.05, 0.1) is 11.0 Å². The van der Waals surface area contributed by atoms with E-state index in [9.17, 15) is 0 Å². The summed E-state index contributed by atoms with van der Waals surface area (Å²) < 4.78 is 4.33. The van der Waals surface area contributed by atoms with E-state index in [1.807, 2.05) is 13.8 Å². The molecule has 0 unspecified atom stereocenters. The Morgan fingerprint density at radius 2 is 0.921 bits per heavy atom. The summed E-state index contributed by atoms with van der Waals surface area (Å²) in [6.45, 7) is 4.09. The van der Waals surface area contributed by atoms with Gasteiger partial charge in [-0.25, -0.2) is 0 Å². The summed E-state index contributed by atoms with van der Waals surface area (Å²) in [5.74, 6) is 0. The van der Waals surface area contributed by atoms with Crippen LogP contribution in [0, 0.1) is 13.8 Å². The molecule has 0 fully saturated rings. The van der Waals surface area contributed by atoms with Crippen LogP contribution in [0.1, 0.15) is 11.1 Å². The molecule has 6 rings (SSSR count). The zero-order valence-electron chi connectivity index (χ0n) is 20.6.